The number of hydrazone groups is 1. The van der Waals surface area contributed by atoms with Crippen molar-refractivity contribution < 1.29 is 33.3 Å². The summed E-state index contributed by atoms with van der Waals surface area (Å²) < 4.78 is 22.6. The number of morpholine rings is 1. The first kappa shape index (κ1) is 25.9. The molecule has 186 valence electrons. The summed E-state index contributed by atoms with van der Waals surface area (Å²) in [6.07, 6.45) is 3.13. The topological polar surface area (TPSA) is 128 Å². The maximum absolute atomic E-state index is 12.4. The van der Waals surface area contributed by atoms with Gasteiger partial charge in [-0.15, -0.1) is 0 Å². The van der Waals surface area contributed by atoms with Crippen molar-refractivity contribution in [1.82, 2.24) is 15.6 Å². The summed E-state index contributed by atoms with van der Waals surface area (Å²) in [6.45, 7) is 5.13. The molecule has 0 aromatic heterocycles. The Morgan fingerprint density at radius 2 is 2.00 bits per heavy atom. The van der Waals surface area contributed by atoms with Gasteiger partial charge in [0, 0.05) is 26.2 Å². The lowest BCUT2D eigenvalue weighted by atomic mass is 10.2. The molecule has 2 aliphatic rings. The first-order valence-electron chi connectivity index (χ1n) is 11.2. The average molecular weight is 541 g/mol. The number of nitrogens with one attached hydrogen (secondary N) is 2. The van der Waals surface area contributed by atoms with E-state index < -0.39 is 11.8 Å². The van der Waals surface area contributed by atoms with Crippen molar-refractivity contribution in [2.75, 3.05) is 52.7 Å². The summed E-state index contributed by atoms with van der Waals surface area (Å²) in [7, 11) is 0. The Hall–Kier alpha value is -2.70. The molecule has 0 aliphatic carbocycles. The molecule has 3 amide bonds. The van der Waals surface area contributed by atoms with Crippen LogP contribution < -0.4 is 20.2 Å². The lowest BCUT2D eigenvalue weighted by Crippen LogP contribution is -2.43. The van der Waals surface area contributed by atoms with Crippen molar-refractivity contribution in [2.45, 2.75) is 25.9 Å². The average Bonchev–Trinajstić information content (AvgIpc) is 3.36. The zero-order valence-corrected chi connectivity index (χ0v) is 20.6. The first-order chi connectivity index (χ1) is 16.5. The molecule has 2 heterocycles. The van der Waals surface area contributed by atoms with Crippen LogP contribution in [0.25, 0.3) is 0 Å². The van der Waals surface area contributed by atoms with Crippen LogP contribution in [-0.4, -0.2) is 87.6 Å². The fraction of sp³-hybridized carbons (Fsp3) is 0.545. The molecule has 0 unspecified atom stereocenters. The number of rotatable bonds is 9. The number of benzene rings is 1. The standard InChI is InChI=1S/C22H29BrN4O7/c1-2-32-18-11-15(12-25-26-22(30)21(29)24-13-16-4-3-7-33-16)10-17(23)20(18)34-14-19(28)27-5-8-31-9-6-27/h10-12,16H,2-9,13-14H2,1H3,(H,24,29)(H,26,30)/b25-12-/t16-/m0/s1. The van der Waals surface area contributed by atoms with Crippen LogP contribution in [0.2, 0.25) is 0 Å². The van der Waals surface area contributed by atoms with Crippen LogP contribution in [0.4, 0.5) is 0 Å². The summed E-state index contributed by atoms with van der Waals surface area (Å²) >= 11 is 3.44. The first-order valence-corrected chi connectivity index (χ1v) is 11.9. The highest BCUT2D eigenvalue weighted by Gasteiger charge is 2.20. The van der Waals surface area contributed by atoms with E-state index in [0.29, 0.717) is 61.1 Å². The second-order valence-corrected chi connectivity index (χ2v) is 8.44. The smallest absolute Gasteiger partial charge is 0.329 e. The molecule has 0 saturated carbocycles. The highest BCUT2D eigenvalue weighted by atomic mass is 79.9. The van der Waals surface area contributed by atoms with E-state index in [-0.39, 0.29) is 25.2 Å². The van der Waals surface area contributed by atoms with Gasteiger partial charge in [-0.1, -0.05) is 0 Å². The van der Waals surface area contributed by atoms with Gasteiger partial charge in [-0.05, 0) is 53.4 Å². The Bertz CT molecular complexity index is 899. The molecular weight excluding hydrogens is 512 g/mol. The Balaban J connectivity index is 1.55. The summed E-state index contributed by atoms with van der Waals surface area (Å²) in [5.41, 5.74) is 2.78. The minimum Gasteiger partial charge on any atom is -0.490 e. The Kier molecular flexibility index (Phi) is 10.1. The quantitative estimate of drug-likeness (QED) is 0.269. The molecule has 2 aliphatic heterocycles. The van der Waals surface area contributed by atoms with Crippen molar-refractivity contribution in [1.29, 1.82) is 0 Å². The van der Waals surface area contributed by atoms with Crippen LogP contribution in [0.5, 0.6) is 11.5 Å². The van der Waals surface area contributed by atoms with Gasteiger partial charge in [0.05, 0.1) is 36.6 Å². The molecule has 0 bridgehead atoms. The molecule has 2 saturated heterocycles. The van der Waals surface area contributed by atoms with Gasteiger partial charge in [-0.3, -0.25) is 14.4 Å². The molecule has 12 heteroatoms. The predicted molar refractivity (Wildman–Crippen MR) is 126 cm³/mol. The van der Waals surface area contributed by atoms with Crippen LogP contribution in [0.3, 0.4) is 0 Å². The van der Waals surface area contributed by atoms with Crippen molar-refractivity contribution in [3.05, 3.63) is 22.2 Å². The largest absolute Gasteiger partial charge is 0.490 e. The van der Waals surface area contributed by atoms with E-state index in [4.69, 9.17) is 18.9 Å². The minimum atomic E-state index is -0.875. The van der Waals surface area contributed by atoms with E-state index in [1.165, 1.54) is 6.21 Å². The van der Waals surface area contributed by atoms with E-state index >= 15 is 0 Å². The van der Waals surface area contributed by atoms with Crippen LogP contribution in [-0.2, 0) is 23.9 Å². The van der Waals surface area contributed by atoms with Gasteiger partial charge in [-0.2, -0.15) is 5.10 Å². The lowest BCUT2D eigenvalue weighted by Gasteiger charge is -2.27. The number of ether oxygens (including phenoxy) is 4. The summed E-state index contributed by atoms with van der Waals surface area (Å²) in [4.78, 5) is 37.9. The Morgan fingerprint density at radius 3 is 2.71 bits per heavy atom. The van der Waals surface area contributed by atoms with Crippen molar-refractivity contribution in [2.24, 2.45) is 5.10 Å². The molecule has 34 heavy (non-hydrogen) atoms. The molecule has 11 nitrogen and oxygen atoms in total. The van der Waals surface area contributed by atoms with E-state index in [0.717, 1.165) is 12.8 Å². The minimum absolute atomic E-state index is 0.0560. The van der Waals surface area contributed by atoms with E-state index in [2.05, 4.69) is 31.8 Å². The molecule has 0 spiro atoms. The number of carbonyl (C=O) groups is 3. The highest BCUT2D eigenvalue weighted by molar-refractivity contribution is 9.10. The van der Waals surface area contributed by atoms with E-state index in [9.17, 15) is 14.4 Å². The van der Waals surface area contributed by atoms with Crippen LogP contribution in [0, 0.1) is 0 Å². The van der Waals surface area contributed by atoms with Gasteiger partial charge in [0.1, 0.15) is 0 Å². The van der Waals surface area contributed by atoms with Crippen molar-refractivity contribution >= 4 is 39.9 Å². The molecule has 2 N–H and O–H groups in total. The zero-order chi connectivity index (χ0) is 24.3. The molecular formula is C22H29BrN4O7. The van der Waals surface area contributed by atoms with Gasteiger partial charge < -0.3 is 29.2 Å². The molecule has 3 rings (SSSR count). The Morgan fingerprint density at radius 1 is 1.21 bits per heavy atom. The molecule has 1 aromatic rings. The number of carbonyl (C=O) groups excluding carboxylic acids is 3. The Labute approximate surface area is 206 Å². The number of nitrogens with zero attached hydrogens (tertiary/aromatic N) is 2. The van der Waals surface area contributed by atoms with Gasteiger partial charge >= 0.3 is 11.8 Å². The van der Waals surface area contributed by atoms with Crippen LogP contribution in [0.15, 0.2) is 21.7 Å². The number of amides is 3. The SMILES string of the molecule is CCOc1cc(/C=N\NC(=O)C(=O)NC[C@@H]2CCCO2)cc(Br)c1OCC(=O)N1CCOCC1. The third-order valence-electron chi connectivity index (χ3n) is 5.14. The fourth-order valence-electron chi connectivity index (χ4n) is 3.41. The summed E-state index contributed by atoms with van der Waals surface area (Å²) in [5, 5.41) is 6.37. The number of hydrogen-bond acceptors (Lipinski definition) is 8. The summed E-state index contributed by atoms with van der Waals surface area (Å²) in [6, 6.07) is 3.36. The second-order valence-electron chi connectivity index (χ2n) is 7.59. The normalized spacial score (nSPS) is 18.1. The van der Waals surface area contributed by atoms with Crippen molar-refractivity contribution in [3.8, 4) is 11.5 Å². The van der Waals surface area contributed by atoms with E-state index in [1.54, 1.807) is 17.0 Å². The molecule has 1 atom stereocenters. The van der Waals surface area contributed by atoms with Crippen LogP contribution >= 0.6 is 15.9 Å². The third-order valence-corrected chi connectivity index (χ3v) is 5.72. The maximum Gasteiger partial charge on any atom is 0.329 e. The summed E-state index contributed by atoms with van der Waals surface area (Å²) in [5.74, 6) is -0.992. The third kappa shape index (κ3) is 7.67. The van der Waals surface area contributed by atoms with Crippen molar-refractivity contribution in [3.63, 3.8) is 0 Å². The highest BCUT2D eigenvalue weighted by Crippen LogP contribution is 2.36. The van der Waals surface area contributed by atoms with Gasteiger partial charge in [0.15, 0.2) is 18.1 Å². The van der Waals surface area contributed by atoms with Gasteiger partial charge in [0.25, 0.3) is 5.91 Å². The number of hydrogen-bond donors (Lipinski definition) is 2. The van der Waals surface area contributed by atoms with E-state index in [1.807, 2.05) is 6.92 Å². The zero-order valence-electron chi connectivity index (χ0n) is 19.0. The monoisotopic (exact) mass is 540 g/mol. The van der Waals surface area contributed by atoms with Gasteiger partial charge in [-0.25, -0.2) is 5.43 Å². The maximum atomic E-state index is 12.4. The number of halogens is 1. The molecule has 0 radical (unpaired) electrons. The van der Waals surface area contributed by atoms with Gasteiger partial charge in [0.2, 0.25) is 0 Å². The van der Waals surface area contributed by atoms with Crippen LogP contribution in [0.1, 0.15) is 25.3 Å². The molecule has 2 fully saturated rings. The second kappa shape index (κ2) is 13.3. The molecule has 1 aromatic carbocycles. The fourth-order valence-corrected chi connectivity index (χ4v) is 3.99. The lowest BCUT2D eigenvalue weighted by molar-refractivity contribution is -0.139. The predicted octanol–water partition coefficient (Wildman–Crippen LogP) is 0.831.